The Labute approximate surface area is 206 Å². The summed E-state index contributed by atoms with van der Waals surface area (Å²) in [6.45, 7) is 4.15. The van der Waals surface area contributed by atoms with Crippen LogP contribution in [0, 0.1) is 11.6 Å². The molecule has 7 N–H and O–H groups in total. The fraction of sp³-hybridized carbons (Fsp3) is 0.364. The van der Waals surface area contributed by atoms with Crippen LogP contribution in [-0.4, -0.2) is 49.1 Å². The molecule has 0 fully saturated rings. The highest BCUT2D eigenvalue weighted by Gasteiger charge is 2.22. The molecule has 0 radical (unpaired) electrons. The van der Waals surface area contributed by atoms with Gasteiger partial charge >= 0.3 is 12.1 Å². The van der Waals surface area contributed by atoms with Gasteiger partial charge in [-0.25, -0.2) is 45.6 Å². The van der Waals surface area contributed by atoms with E-state index in [1.165, 1.54) is 40.0 Å². The van der Waals surface area contributed by atoms with Crippen molar-refractivity contribution in [2.75, 3.05) is 30.3 Å². The van der Waals surface area contributed by atoms with E-state index in [-0.39, 0.29) is 36.1 Å². The highest BCUT2D eigenvalue weighted by atomic mass is 19.1. The van der Waals surface area contributed by atoms with Gasteiger partial charge in [0.2, 0.25) is 0 Å². The second kappa shape index (κ2) is 12.3. The van der Waals surface area contributed by atoms with Crippen LogP contribution in [0.1, 0.15) is 20.8 Å². The van der Waals surface area contributed by atoms with E-state index in [1.54, 1.807) is 0 Å². The van der Waals surface area contributed by atoms with Crippen molar-refractivity contribution >= 4 is 23.4 Å². The molecule has 2 rings (SSSR count). The zero-order valence-corrected chi connectivity index (χ0v) is 20.2. The Morgan fingerprint density at radius 1 is 1.00 bits per heavy atom. The number of nitrogens with zero attached hydrogens (tertiary/aromatic N) is 2. The van der Waals surface area contributed by atoms with Gasteiger partial charge in [-0.1, -0.05) is 0 Å². The molecule has 0 aliphatic carbocycles. The standard InChI is InChI=1S/C22H30F2N6O6/c1-13(11-34-18-9-14(23)5-7-16(18)29(25)20(31)27-4)36-28-21(32)30(26)17-8-6-15(24)10-19(17)35-12-22(2,3)33/h5-10,13,33H,11-12,25-26H2,1-4H3,(H,27,31)(H,28,32)/t13-/m0/s1. The number of urea groups is 2. The first-order valence-corrected chi connectivity index (χ1v) is 10.7. The third-order valence-corrected chi connectivity index (χ3v) is 4.42. The summed E-state index contributed by atoms with van der Waals surface area (Å²) in [5.74, 6) is 10.2. The lowest BCUT2D eigenvalue weighted by Crippen LogP contribution is -2.46. The first-order chi connectivity index (χ1) is 16.8. The summed E-state index contributed by atoms with van der Waals surface area (Å²) in [7, 11) is 1.38. The van der Waals surface area contributed by atoms with Gasteiger partial charge in [0.25, 0.3) is 0 Å². The molecule has 36 heavy (non-hydrogen) atoms. The number of hydrogen-bond donors (Lipinski definition) is 5. The molecule has 0 spiro atoms. The van der Waals surface area contributed by atoms with Crippen LogP contribution < -0.4 is 42.0 Å². The maximum atomic E-state index is 13.7. The van der Waals surface area contributed by atoms with E-state index in [4.69, 9.17) is 26.0 Å². The van der Waals surface area contributed by atoms with Gasteiger partial charge in [-0.3, -0.25) is 4.84 Å². The van der Waals surface area contributed by atoms with E-state index < -0.39 is 35.4 Å². The number of carbonyl (C=O) groups excluding carboxylic acids is 2. The highest BCUT2D eigenvalue weighted by Crippen LogP contribution is 2.29. The number of nitrogens with one attached hydrogen (secondary N) is 2. The number of nitrogens with two attached hydrogens (primary N) is 2. The van der Waals surface area contributed by atoms with Crippen molar-refractivity contribution in [2.45, 2.75) is 32.5 Å². The third kappa shape index (κ3) is 8.20. The number of benzene rings is 2. The van der Waals surface area contributed by atoms with E-state index in [0.29, 0.717) is 5.01 Å². The summed E-state index contributed by atoms with van der Waals surface area (Å²) in [5, 5.41) is 13.6. The SMILES string of the molecule is CNC(=O)N(N)c1ccc(F)cc1OC[C@H](C)ONC(=O)N(N)c1ccc(F)cc1OCC(C)(C)O. The molecule has 0 aliphatic rings. The summed E-state index contributed by atoms with van der Waals surface area (Å²) in [4.78, 5) is 29.5. The lowest BCUT2D eigenvalue weighted by molar-refractivity contribution is -0.0153. The topological polar surface area (TPSA) is 165 Å². The molecule has 0 bridgehead atoms. The Kier molecular flexibility index (Phi) is 9.75. The summed E-state index contributed by atoms with van der Waals surface area (Å²) in [6, 6.07) is 5.13. The molecular weight excluding hydrogens is 482 g/mol. The van der Waals surface area contributed by atoms with Crippen LogP contribution in [0.2, 0.25) is 0 Å². The van der Waals surface area contributed by atoms with Gasteiger partial charge in [-0.05, 0) is 45.0 Å². The quantitative estimate of drug-likeness (QED) is 0.183. The van der Waals surface area contributed by atoms with Crippen LogP contribution in [0.25, 0.3) is 0 Å². The molecule has 4 amide bonds. The highest BCUT2D eigenvalue weighted by molar-refractivity contribution is 5.92. The molecule has 198 valence electrons. The molecular formula is C22H30F2N6O6. The monoisotopic (exact) mass is 512 g/mol. The normalized spacial score (nSPS) is 11.9. The van der Waals surface area contributed by atoms with E-state index in [1.807, 2.05) is 0 Å². The van der Waals surface area contributed by atoms with Gasteiger partial charge < -0.3 is 19.9 Å². The summed E-state index contributed by atoms with van der Waals surface area (Å²) < 4.78 is 38.3. The first kappa shape index (κ1) is 28.5. The largest absolute Gasteiger partial charge is 0.488 e. The van der Waals surface area contributed by atoms with Gasteiger partial charge in [0.15, 0.2) is 0 Å². The van der Waals surface area contributed by atoms with Crippen LogP contribution in [0.5, 0.6) is 11.5 Å². The van der Waals surface area contributed by atoms with Crippen LogP contribution >= 0.6 is 0 Å². The van der Waals surface area contributed by atoms with Gasteiger partial charge in [-0.2, -0.15) is 0 Å². The minimum atomic E-state index is -1.22. The molecule has 2 aromatic rings. The zero-order chi connectivity index (χ0) is 27.0. The average Bonchev–Trinajstić information content (AvgIpc) is 2.83. The van der Waals surface area contributed by atoms with Crippen LogP contribution in [0.3, 0.4) is 0 Å². The van der Waals surface area contributed by atoms with Crippen LogP contribution in [0.15, 0.2) is 36.4 Å². The molecule has 0 unspecified atom stereocenters. The van der Waals surface area contributed by atoms with E-state index >= 15 is 0 Å². The van der Waals surface area contributed by atoms with Gasteiger partial charge in [-0.15, -0.1) is 0 Å². The van der Waals surface area contributed by atoms with E-state index in [0.717, 1.165) is 29.3 Å². The number of hydroxylamine groups is 1. The van der Waals surface area contributed by atoms with E-state index in [2.05, 4.69) is 10.8 Å². The Balaban J connectivity index is 2.00. The van der Waals surface area contributed by atoms with Crippen molar-refractivity contribution < 1.29 is 37.8 Å². The molecule has 12 nitrogen and oxygen atoms in total. The molecule has 14 heteroatoms. The summed E-state index contributed by atoms with van der Waals surface area (Å²) in [5.41, 5.74) is 1.00. The molecule has 0 saturated carbocycles. The Hall–Kier alpha value is -3.72. The van der Waals surface area contributed by atoms with E-state index in [9.17, 15) is 23.5 Å². The number of rotatable bonds is 10. The third-order valence-electron chi connectivity index (χ3n) is 4.42. The maximum absolute atomic E-state index is 13.7. The fourth-order valence-electron chi connectivity index (χ4n) is 2.64. The number of ether oxygens (including phenoxy) is 2. The number of hydrazine groups is 2. The summed E-state index contributed by atoms with van der Waals surface area (Å²) >= 11 is 0. The number of aliphatic hydroxyl groups is 1. The molecule has 0 saturated heterocycles. The molecule has 0 aliphatic heterocycles. The number of hydrogen-bond acceptors (Lipinski definition) is 8. The first-order valence-electron chi connectivity index (χ1n) is 10.7. The Morgan fingerprint density at radius 2 is 1.50 bits per heavy atom. The number of halogens is 2. The Morgan fingerprint density at radius 3 is 2.00 bits per heavy atom. The Bertz CT molecular complexity index is 1070. The van der Waals surface area contributed by atoms with Crippen LogP contribution in [0.4, 0.5) is 29.7 Å². The zero-order valence-electron chi connectivity index (χ0n) is 20.2. The minimum Gasteiger partial charge on any atom is -0.488 e. The van der Waals surface area contributed by atoms with Crippen molar-refractivity contribution in [1.82, 2.24) is 10.8 Å². The van der Waals surface area contributed by atoms with Gasteiger partial charge in [0.1, 0.15) is 53.8 Å². The lowest BCUT2D eigenvalue weighted by atomic mass is 10.2. The minimum absolute atomic E-state index is 0.00675. The van der Waals surface area contributed by atoms with Gasteiger partial charge in [0, 0.05) is 19.2 Å². The molecule has 0 aromatic heterocycles. The smallest absolute Gasteiger partial charge is 0.360 e. The maximum Gasteiger partial charge on any atom is 0.360 e. The average molecular weight is 513 g/mol. The van der Waals surface area contributed by atoms with Crippen molar-refractivity contribution in [3.8, 4) is 11.5 Å². The second-order valence-electron chi connectivity index (χ2n) is 8.27. The predicted octanol–water partition coefficient (Wildman–Crippen LogP) is 1.92. The summed E-state index contributed by atoms with van der Waals surface area (Å²) in [6.07, 6.45) is -0.774. The van der Waals surface area contributed by atoms with Gasteiger partial charge in [0.05, 0.1) is 5.60 Å². The molecule has 1 atom stereocenters. The number of carbonyl (C=O) groups is 2. The fourth-order valence-corrected chi connectivity index (χ4v) is 2.64. The van der Waals surface area contributed by atoms with Crippen molar-refractivity contribution in [1.29, 1.82) is 0 Å². The number of anilines is 2. The van der Waals surface area contributed by atoms with Crippen molar-refractivity contribution in [3.05, 3.63) is 48.0 Å². The predicted molar refractivity (Wildman–Crippen MR) is 127 cm³/mol. The van der Waals surface area contributed by atoms with Crippen molar-refractivity contribution in [2.24, 2.45) is 11.7 Å². The molecule has 0 heterocycles. The second-order valence-corrected chi connectivity index (χ2v) is 8.27. The number of amides is 4. The van der Waals surface area contributed by atoms with Crippen LogP contribution in [-0.2, 0) is 4.84 Å². The lowest BCUT2D eigenvalue weighted by Gasteiger charge is -2.24. The molecule has 2 aromatic carbocycles. The van der Waals surface area contributed by atoms with Crippen molar-refractivity contribution in [3.63, 3.8) is 0 Å².